The van der Waals surface area contributed by atoms with E-state index in [9.17, 15) is 0 Å². The lowest BCUT2D eigenvalue weighted by Gasteiger charge is -1.95. The molecule has 4 heteroatoms. The average molecular weight is 219 g/mol. The lowest BCUT2D eigenvalue weighted by molar-refractivity contribution is 1.17. The largest absolute Gasteiger partial charge is 0.310 e. The summed E-state index contributed by atoms with van der Waals surface area (Å²) in [7, 11) is 0. The molecule has 0 radical (unpaired) electrons. The molecule has 15 heavy (non-hydrogen) atoms. The van der Waals surface area contributed by atoms with Crippen LogP contribution in [-0.4, -0.2) is 16.4 Å². The van der Waals surface area contributed by atoms with E-state index in [0.717, 1.165) is 22.8 Å². The summed E-state index contributed by atoms with van der Waals surface area (Å²) >= 11 is 1.62. The van der Waals surface area contributed by atoms with Crippen molar-refractivity contribution in [1.29, 1.82) is 5.41 Å². The molecule has 0 saturated carbocycles. The van der Waals surface area contributed by atoms with Gasteiger partial charge in [-0.3, -0.25) is 4.99 Å². The number of rotatable bonds is 3. The van der Waals surface area contributed by atoms with E-state index in [4.69, 9.17) is 5.41 Å². The molecule has 1 aromatic rings. The summed E-state index contributed by atoms with van der Waals surface area (Å²) < 4.78 is 0. The smallest absolute Gasteiger partial charge is 0.0988 e. The third kappa shape index (κ3) is 2.39. The quantitative estimate of drug-likeness (QED) is 0.781. The first-order chi connectivity index (χ1) is 7.15. The van der Waals surface area contributed by atoms with Gasteiger partial charge in [0.2, 0.25) is 0 Å². The van der Waals surface area contributed by atoms with Gasteiger partial charge in [0.25, 0.3) is 0 Å². The van der Waals surface area contributed by atoms with Crippen molar-refractivity contribution in [3.8, 4) is 0 Å². The van der Waals surface area contributed by atoms with Crippen molar-refractivity contribution in [2.75, 3.05) is 0 Å². The summed E-state index contributed by atoms with van der Waals surface area (Å²) in [4.78, 5) is 8.74. The normalized spacial score (nSPS) is 15.1. The number of hydrogen-bond acceptors (Lipinski definition) is 4. The van der Waals surface area contributed by atoms with Crippen molar-refractivity contribution in [2.24, 2.45) is 4.99 Å². The second-order valence-corrected chi connectivity index (χ2v) is 4.72. The van der Waals surface area contributed by atoms with Crippen LogP contribution in [0.2, 0.25) is 0 Å². The number of aromatic nitrogens is 1. The molecular formula is C11H13N3S. The Balaban J connectivity index is 2.11. The van der Waals surface area contributed by atoms with E-state index in [1.54, 1.807) is 11.3 Å². The van der Waals surface area contributed by atoms with Crippen LogP contribution in [-0.2, 0) is 6.42 Å². The van der Waals surface area contributed by atoms with Crippen molar-refractivity contribution >= 4 is 28.3 Å². The van der Waals surface area contributed by atoms with E-state index in [1.165, 1.54) is 5.57 Å². The molecule has 0 atom stereocenters. The lowest BCUT2D eigenvalue weighted by atomic mass is 10.1. The fraction of sp³-hybridized carbons (Fsp3) is 0.364. The zero-order valence-electron chi connectivity index (χ0n) is 8.87. The Morgan fingerprint density at radius 1 is 1.60 bits per heavy atom. The average Bonchev–Trinajstić information content (AvgIpc) is 2.72. The van der Waals surface area contributed by atoms with Gasteiger partial charge in [0.1, 0.15) is 0 Å². The Hall–Kier alpha value is -1.29. The molecule has 1 aromatic heterocycles. The summed E-state index contributed by atoms with van der Waals surface area (Å²) in [6, 6.07) is 0. The molecule has 0 saturated heterocycles. The number of nitrogens with zero attached hydrogens (tertiary/aromatic N) is 2. The monoisotopic (exact) mass is 219 g/mol. The van der Waals surface area contributed by atoms with Gasteiger partial charge in [-0.25, -0.2) is 4.98 Å². The van der Waals surface area contributed by atoms with E-state index in [2.05, 4.69) is 15.4 Å². The Morgan fingerprint density at radius 2 is 2.40 bits per heavy atom. The van der Waals surface area contributed by atoms with E-state index in [0.29, 0.717) is 12.1 Å². The fourth-order valence-corrected chi connectivity index (χ4v) is 2.38. The van der Waals surface area contributed by atoms with Crippen molar-refractivity contribution < 1.29 is 0 Å². The molecule has 78 valence electrons. The van der Waals surface area contributed by atoms with Gasteiger partial charge in [0.15, 0.2) is 0 Å². The highest BCUT2D eigenvalue weighted by Crippen LogP contribution is 2.25. The summed E-state index contributed by atoms with van der Waals surface area (Å²) in [5.74, 6) is 0. The van der Waals surface area contributed by atoms with Gasteiger partial charge in [0, 0.05) is 41.4 Å². The van der Waals surface area contributed by atoms with Gasteiger partial charge < -0.3 is 5.41 Å². The summed E-state index contributed by atoms with van der Waals surface area (Å²) in [6.45, 7) is 3.83. The van der Waals surface area contributed by atoms with E-state index >= 15 is 0 Å². The Kier molecular flexibility index (Phi) is 2.77. The van der Waals surface area contributed by atoms with Crippen LogP contribution in [0.1, 0.15) is 31.0 Å². The zero-order chi connectivity index (χ0) is 10.8. The number of allylic oxidation sites excluding steroid dienone is 1. The third-order valence-electron chi connectivity index (χ3n) is 2.18. The maximum absolute atomic E-state index is 7.41. The van der Waals surface area contributed by atoms with Crippen LogP contribution >= 0.6 is 11.3 Å². The van der Waals surface area contributed by atoms with Gasteiger partial charge in [-0.2, -0.15) is 0 Å². The van der Waals surface area contributed by atoms with Crippen LogP contribution < -0.4 is 0 Å². The van der Waals surface area contributed by atoms with Crippen LogP contribution in [0.3, 0.4) is 0 Å². The number of aliphatic imine (C=N–C) groups is 1. The Morgan fingerprint density at radius 3 is 3.00 bits per heavy atom. The molecule has 0 unspecified atom stereocenters. The second kappa shape index (κ2) is 4.06. The molecule has 2 rings (SSSR count). The SMILES string of the molecule is CC(=N)Cc1nc(C2=CN=C(C)C2)cs1. The van der Waals surface area contributed by atoms with E-state index in [1.807, 2.05) is 20.0 Å². The first-order valence-corrected chi connectivity index (χ1v) is 5.74. The van der Waals surface area contributed by atoms with Crippen LogP contribution in [0.4, 0.5) is 0 Å². The minimum absolute atomic E-state index is 0.656. The Bertz CT molecular complexity index is 454. The Labute approximate surface area is 93.1 Å². The van der Waals surface area contributed by atoms with Gasteiger partial charge >= 0.3 is 0 Å². The highest BCUT2D eigenvalue weighted by molar-refractivity contribution is 7.09. The fourth-order valence-electron chi connectivity index (χ4n) is 1.48. The van der Waals surface area contributed by atoms with Gasteiger partial charge in [-0.05, 0) is 13.8 Å². The summed E-state index contributed by atoms with van der Waals surface area (Å²) in [6.07, 6.45) is 3.47. The maximum Gasteiger partial charge on any atom is 0.0988 e. The summed E-state index contributed by atoms with van der Waals surface area (Å²) in [5.41, 5.74) is 4.01. The molecule has 3 nitrogen and oxygen atoms in total. The minimum atomic E-state index is 0.656. The lowest BCUT2D eigenvalue weighted by Crippen LogP contribution is -1.95. The second-order valence-electron chi connectivity index (χ2n) is 3.78. The van der Waals surface area contributed by atoms with Gasteiger partial charge in [0.05, 0.1) is 10.7 Å². The van der Waals surface area contributed by atoms with Crippen LogP contribution in [0.25, 0.3) is 5.57 Å². The van der Waals surface area contributed by atoms with Crippen molar-refractivity contribution in [3.63, 3.8) is 0 Å². The molecule has 0 amide bonds. The highest BCUT2D eigenvalue weighted by Gasteiger charge is 2.12. The molecule has 2 heterocycles. The minimum Gasteiger partial charge on any atom is -0.310 e. The van der Waals surface area contributed by atoms with Crippen molar-refractivity contribution in [2.45, 2.75) is 26.7 Å². The number of hydrogen-bond donors (Lipinski definition) is 1. The molecule has 0 fully saturated rings. The van der Waals surface area contributed by atoms with E-state index in [-0.39, 0.29) is 0 Å². The predicted octanol–water partition coefficient (Wildman–Crippen LogP) is 2.93. The molecular weight excluding hydrogens is 206 g/mol. The molecule has 1 aliphatic rings. The molecule has 0 bridgehead atoms. The summed E-state index contributed by atoms with van der Waals surface area (Å²) in [5, 5.41) is 10.5. The maximum atomic E-state index is 7.41. The van der Waals surface area contributed by atoms with Crippen LogP contribution in [0.5, 0.6) is 0 Å². The first-order valence-electron chi connectivity index (χ1n) is 4.86. The van der Waals surface area contributed by atoms with Gasteiger partial charge in [-0.1, -0.05) is 0 Å². The third-order valence-corrected chi connectivity index (χ3v) is 3.03. The molecule has 1 aliphatic heterocycles. The topological polar surface area (TPSA) is 49.1 Å². The van der Waals surface area contributed by atoms with Gasteiger partial charge in [-0.15, -0.1) is 11.3 Å². The first kappa shape index (κ1) is 10.2. The standard InChI is InChI=1S/C11H13N3S/c1-7(12)3-11-14-10(6-15-11)9-4-8(2)13-5-9/h5-6,12H,3-4H2,1-2H3. The molecule has 0 spiro atoms. The highest BCUT2D eigenvalue weighted by atomic mass is 32.1. The predicted molar refractivity (Wildman–Crippen MR) is 64.9 cm³/mol. The van der Waals surface area contributed by atoms with Crippen LogP contribution in [0, 0.1) is 5.41 Å². The van der Waals surface area contributed by atoms with Crippen molar-refractivity contribution in [3.05, 3.63) is 22.3 Å². The van der Waals surface area contributed by atoms with E-state index < -0.39 is 0 Å². The number of nitrogens with one attached hydrogen (secondary N) is 1. The zero-order valence-corrected chi connectivity index (χ0v) is 9.69. The molecule has 0 aliphatic carbocycles. The molecule has 0 aromatic carbocycles. The molecule has 1 N–H and O–H groups in total. The van der Waals surface area contributed by atoms with Crippen LogP contribution in [0.15, 0.2) is 16.6 Å². The van der Waals surface area contributed by atoms with Crippen molar-refractivity contribution in [1.82, 2.24) is 4.98 Å². The number of thiazole rings is 1.